The Balaban J connectivity index is 1.65. The second-order valence-corrected chi connectivity index (χ2v) is 8.36. The molecule has 0 spiro atoms. The van der Waals surface area contributed by atoms with Crippen molar-refractivity contribution in [2.45, 2.75) is 44.6 Å². The van der Waals surface area contributed by atoms with Gasteiger partial charge in [0.15, 0.2) is 0 Å². The Morgan fingerprint density at radius 3 is 2.48 bits per heavy atom. The highest BCUT2D eigenvalue weighted by atomic mass is 16.5. The van der Waals surface area contributed by atoms with E-state index >= 15 is 0 Å². The van der Waals surface area contributed by atoms with Crippen LogP contribution in [0.4, 0.5) is 0 Å². The topological polar surface area (TPSA) is 67.0 Å². The van der Waals surface area contributed by atoms with Gasteiger partial charge in [0.25, 0.3) is 0 Å². The van der Waals surface area contributed by atoms with Gasteiger partial charge in [0, 0.05) is 13.2 Å². The summed E-state index contributed by atoms with van der Waals surface area (Å²) in [6.07, 6.45) is 2.21. The van der Waals surface area contributed by atoms with Crippen molar-refractivity contribution in [3.05, 3.63) is 66.0 Å². The Morgan fingerprint density at radius 1 is 1.10 bits per heavy atom. The maximum Gasteiger partial charge on any atom is 0.231 e. The molecule has 5 nitrogen and oxygen atoms in total. The maximum absolute atomic E-state index is 13.7. The zero-order chi connectivity index (χ0) is 20.3. The van der Waals surface area contributed by atoms with Gasteiger partial charge in [-0.1, -0.05) is 56.3 Å². The van der Waals surface area contributed by atoms with Crippen LogP contribution in [-0.2, 0) is 14.9 Å². The van der Waals surface area contributed by atoms with Gasteiger partial charge in [0.2, 0.25) is 5.91 Å². The number of ether oxygens (including phenoxy) is 1. The lowest BCUT2D eigenvalue weighted by molar-refractivity contribution is -0.131. The molecule has 1 aliphatic rings. The van der Waals surface area contributed by atoms with Gasteiger partial charge in [0.05, 0.1) is 22.5 Å². The monoisotopic (exact) mass is 391 g/mol. The van der Waals surface area contributed by atoms with Gasteiger partial charge in [-0.25, -0.2) is 4.98 Å². The van der Waals surface area contributed by atoms with E-state index in [1.165, 1.54) is 0 Å². The number of carbonyl (C=O) groups is 1. The average Bonchev–Trinajstić information content (AvgIpc) is 3.18. The van der Waals surface area contributed by atoms with Crippen molar-refractivity contribution < 1.29 is 9.53 Å². The van der Waals surface area contributed by atoms with Crippen LogP contribution in [0, 0.1) is 5.92 Å². The van der Waals surface area contributed by atoms with Crippen molar-refractivity contribution in [2.24, 2.45) is 5.92 Å². The van der Waals surface area contributed by atoms with Gasteiger partial charge < -0.3 is 15.0 Å². The molecule has 1 saturated heterocycles. The van der Waals surface area contributed by atoms with Gasteiger partial charge in [-0.2, -0.15) is 0 Å². The molecule has 2 N–H and O–H groups in total. The summed E-state index contributed by atoms with van der Waals surface area (Å²) >= 11 is 0. The van der Waals surface area contributed by atoms with Crippen LogP contribution in [-0.4, -0.2) is 29.1 Å². The third-order valence-corrected chi connectivity index (χ3v) is 5.86. The summed E-state index contributed by atoms with van der Waals surface area (Å²) in [5.74, 6) is 1.32. The van der Waals surface area contributed by atoms with Crippen LogP contribution >= 0.6 is 0 Å². The minimum atomic E-state index is -0.555. The first-order valence-corrected chi connectivity index (χ1v) is 10.5. The molecule has 2 aromatic carbocycles. The Hall–Kier alpha value is -2.66. The maximum atomic E-state index is 13.7. The molecule has 29 heavy (non-hydrogen) atoms. The molecule has 1 amide bonds. The number of carbonyl (C=O) groups excluding carboxylic acids is 1. The SMILES string of the molecule is CC(C)C[C@@H](NC(=O)C1(c2ccccc2)CCOCC1)c1nc2ccccc2[nH]1. The molecule has 2 heterocycles. The summed E-state index contributed by atoms with van der Waals surface area (Å²) in [6.45, 7) is 5.54. The number of aromatic nitrogens is 2. The summed E-state index contributed by atoms with van der Waals surface area (Å²) in [5.41, 5.74) is 2.43. The van der Waals surface area contributed by atoms with E-state index in [0.717, 1.165) is 28.8 Å². The minimum absolute atomic E-state index is 0.0677. The van der Waals surface area contributed by atoms with E-state index in [0.29, 0.717) is 32.0 Å². The molecule has 0 saturated carbocycles. The number of nitrogens with one attached hydrogen (secondary N) is 2. The molecule has 3 aromatic rings. The molecule has 0 bridgehead atoms. The van der Waals surface area contributed by atoms with E-state index < -0.39 is 5.41 Å². The summed E-state index contributed by atoms with van der Waals surface area (Å²) in [5, 5.41) is 3.35. The van der Waals surface area contributed by atoms with E-state index in [4.69, 9.17) is 9.72 Å². The van der Waals surface area contributed by atoms with Crippen molar-refractivity contribution in [1.29, 1.82) is 0 Å². The number of benzene rings is 2. The molecular weight excluding hydrogens is 362 g/mol. The second-order valence-electron chi connectivity index (χ2n) is 8.36. The van der Waals surface area contributed by atoms with Gasteiger partial charge in [-0.05, 0) is 42.9 Å². The lowest BCUT2D eigenvalue weighted by Crippen LogP contribution is -2.49. The number of rotatable bonds is 6. The number of aromatic amines is 1. The molecule has 152 valence electrons. The smallest absolute Gasteiger partial charge is 0.231 e. The van der Waals surface area contributed by atoms with E-state index in [9.17, 15) is 4.79 Å². The zero-order valence-electron chi connectivity index (χ0n) is 17.2. The summed E-state index contributed by atoms with van der Waals surface area (Å²) in [6, 6.07) is 17.9. The van der Waals surface area contributed by atoms with E-state index in [1.807, 2.05) is 42.5 Å². The Bertz CT molecular complexity index is 925. The molecule has 1 aliphatic heterocycles. The average molecular weight is 392 g/mol. The van der Waals surface area contributed by atoms with Crippen molar-refractivity contribution in [3.63, 3.8) is 0 Å². The number of H-pyrrole nitrogens is 1. The number of hydrogen-bond donors (Lipinski definition) is 2. The van der Waals surface area contributed by atoms with Crippen LogP contribution in [0.1, 0.15) is 50.5 Å². The van der Waals surface area contributed by atoms with Gasteiger partial charge >= 0.3 is 0 Å². The quantitative estimate of drug-likeness (QED) is 0.649. The summed E-state index contributed by atoms with van der Waals surface area (Å²) in [4.78, 5) is 21.9. The summed E-state index contributed by atoms with van der Waals surface area (Å²) < 4.78 is 5.59. The fourth-order valence-corrected chi connectivity index (χ4v) is 4.27. The first-order valence-electron chi connectivity index (χ1n) is 10.5. The predicted octanol–water partition coefficient (Wildman–Crippen LogP) is 4.51. The van der Waals surface area contributed by atoms with Crippen LogP contribution < -0.4 is 5.32 Å². The van der Waals surface area contributed by atoms with Crippen molar-refractivity contribution >= 4 is 16.9 Å². The Kier molecular flexibility index (Phi) is 5.67. The minimum Gasteiger partial charge on any atom is -0.381 e. The van der Waals surface area contributed by atoms with Crippen molar-refractivity contribution in [3.8, 4) is 0 Å². The standard InChI is InChI=1S/C24H29N3O2/c1-17(2)16-21(22-25-19-10-6-7-11-20(19)26-22)27-23(28)24(12-14-29-15-13-24)18-8-4-3-5-9-18/h3-11,17,21H,12-16H2,1-2H3,(H,25,26)(H,27,28)/t21-/m1/s1. The first-order chi connectivity index (χ1) is 14.1. The largest absolute Gasteiger partial charge is 0.381 e. The number of nitrogens with zero attached hydrogens (tertiary/aromatic N) is 1. The van der Waals surface area contributed by atoms with Crippen molar-refractivity contribution in [1.82, 2.24) is 15.3 Å². The van der Waals surface area contributed by atoms with Crippen LogP contribution in [0.3, 0.4) is 0 Å². The third kappa shape index (κ3) is 4.06. The molecule has 1 fully saturated rings. The molecule has 0 aliphatic carbocycles. The molecule has 0 radical (unpaired) electrons. The molecule has 5 heteroatoms. The van der Waals surface area contributed by atoms with Gasteiger partial charge in [-0.15, -0.1) is 0 Å². The Labute approximate surface area is 171 Å². The number of fused-ring (bicyclic) bond motifs is 1. The normalized spacial score (nSPS) is 17.3. The molecular formula is C24H29N3O2. The Morgan fingerprint density at radius 2 is 1.79 bits per heavy atom. The molecule has 1 atom stereocenters. The third-order valence-electron chi connectivity index (χ3n) is 5.86. The highest BCUT2D eigenvalue weighted by Gasteiger charge is 2.42. The number of para-hydroxylation sites is 2. The lowest BCUT2D eigenvalue weighted by atomic mass is 9.73. The summed E-state index contributed by atoms with van der Waals surface area (Å²) in [7, 11) is 0. The molecule has 4 rings (SSSR count). The van der Waals surface area contributed by atoms with Crippen LogP contribution in [0.25, 0.3) is 11.0 Å². The van der Waals surface area contributed by atoms with Gasteiger partial charge in [0.1, 0.15) is 5.82 Å². The van der Waals surface area contributed by atoms with Crippen LogP contribution in [0.5, 0.6) is 0 Å². The van der Waals surface area contributed by atoms with Crippen LogP contribution in [0.15, 0.2) is 54.6 Å². The second kappa shape index (κ2) is 8.37. The van der Waals surface area contributed by atoms with E-state index in [-0.39, 0.29) is 11.9 Å². The van der Waals surface area contributed by atoms with Crippen molar-refractivity contribution in [2.75, 3.05) is 13.2 Å². The number of imidazole rings is 1. The van der Waals surface area contributed by atoms with Crippen LogP contribution in [0.2, 0.25) is 0 Å². The fraction of sp³-hybridized carbons (Fsp3) is 0.417. The van der Waals surface area contributed by atoms with Gasteiger partial charge in [-0.3, -0.25) is 4.79 Å². The van der Waals surface area contributed by atoms with E-state index in [2.05, 4.69) is 36.3 Å². The number of amides is 1. The molecule has 1 aromatic heterocycles. The highest BCUT2D eigenvalue weighted by molar-refractivity contribution is 5.88. The molecule has 0 unspecified atom stereocenters. The highest BCUT2D eigenvalue weighted by Crippen LogP contribution is 2.36. The fourth-order valence-electron chi connectivity index (χ4n) is 4.27. The predicted molar refractivity (Wildman–Crippen MR) is 115 cm³/mol. The lowest BCUT2D eigenvalue weighted by Gasteiger charge is -2.37. The zero-order valence-corrected chi connectivity index (χ0v) is 17.2. The van der Waals surface area contributed by atoms with E-state index in [1.54, 1.807) is 0 Å². The first kappa shape index (κ1) is 19.6. The number of hydrogen-bond acceptors (Lipinski definition) is 3.